The van der Waals surface area contributed by atoms with Gasteiger partial charge in [-0.2, -0.15) is 4.72 Å². The van der Waals surface area contributed by atoms with Gasteiger partial charge in [0.2, 0.25) is 0 Å². The van der Waals surface area contributed by atoms with Crippen LogP contribution in [0, 0.1) is 6.92 Å². The van der Waals surface area contributed by atoms with Crippen LogP contribution in [0.25, 0.3) is 0 Å². The maximum Gasteiger partial charge on any atom is 0.331 e. The number of sulfonamides is 1. The molecule has 1 aromatic heterocycles. The van der Waals surface area contributed by atoms with Crippen molar-refractivity contribution in [3.8, 4) is 0 Å². The van der Waals surface area contributed by atoms with Gasteiger partial charge in [0.05, 0.1) is 7.11 Å². The van der Waals surface area contributed by atoms with Gasteiger partial charge in [-0.05, 0) is 19.4 Å². The number of hydrogen-bond donors (Lipinski definition) is 1. The molecule has 0 saturated carbocycles. The molecule has 0 radical (unpaired) electrons. The smallest absolute Gasteiger partial charge is 0.331 e. The van der Waals surface area contributed by atoms with E-state index >= 15 is 0 Å². The third kappa shape index (κ3) is 3.27. The number of carbonyl (C=O) groups excluding carboxylic acids is 1. The molecule has 0 amide bonds. The molecule has 0 spiro atoms. The Hall–Kier alpha value is -2.19. The summed E-state index contributed by atoms with van der Waals surface area (Å²) in [5, 5.41) is -0.149. The largest absolute Gasteiger partial charge is 0.467 e. The number of benzene rings is 1. The minimum atomic E-state index is -4.01. The average molecular weight is 337 g/mol. The third-order valence-electron chi connectivity index (χ3n) is 3.65. The van der Waals surface area contributed by atoms with Crippen molar-refractivity contribution in [2.45, 2.75) is 24.4 Å². The molecule has 2 aromatic rings. The van der Waals surface area contributed by atoms with E-state index in [-0.39, 0.29) is 5.03 Å². The molecule has 0 saturated heterocycles. The van der Waals surface area contributed by atoms with Gasteiger partial charge in [0.25, 0.3) is 10.0 Å². The van der Waals surface area contributed by atoms with Gasteiger partial charge in [-0.1, -0.05) is 30.3 Å². The SMILES string of the molecule is COC(=O)[C@@](C)(NS(=O)(=O)c1cn(C)c(C)n1)c1ccccc1. The molecule has 0 aliphatic heterocycles. The quantitative estimate of drug-likeness (QED) is 0.825. The lowest BCUT2D eigenvalue weighted by Crippen LogP contribution is -2.50. The average Bonchev–Trinajstić information content (AvgIpc) is 2.87. The third-order valence-corrected chi connectivity index (χ3v) is 5.07. The molecule has 0 bridgehead atoms. The lowest BCUT2D eigenvalue weighted by molar-refractivity contribution is -0.147. The standard InChI is InChI=1S/C15H19N3O4S/c1-11-16-13(10-18(11)3)23(20,21)17-15(2,14(19)22-4)12-8-6-5-7-9-12/h5-10,17H,1-4H3/t15-/m0/s1. The number of ether oxygens (including phenoxy) is 1. The predicted molar refractivity (Wildman–Crippen MR) is 84.1 cm³/mol. The number of imidazole rings is 1. The fourth-order valence-electron chi connectivity index (χ4n) is 2.17. The summed E-state index contributed by atoms with van der Waals surface area (Å²) in [4.78, 5) is 16.2. The summed E-state index contributed by atoms with van der Waals surface area (Å²) in [5.74, 6) is -0.162. The lowest BCUT2D eigenvalue weighted by Gasteiger charge is -2.27. The number of hydrogen-bond acceptors (Lipinski definition) is 5. The second-order valence-corrected chi connectivity index (χ2v) is 6.95. The van der Waals surface area contributed by atoms with Crippen LogP contribution in [-0.4, -0.2) is 31.0 Å². The highest BCUT2D eigenvalue weighted by atomic mass is 32.2. The molecule has 8 heteroatoms. The maximum absolute atomic E-state index is 12.6. The van der Waals surface area contributed by atoms with Gasteiger partial charge >= 0.3 is 5.97 Å². The first-order valence-electron chi connectivity index (χ1n) is 6.88. The van der Waals surface area contributed by atoms with Crippen LogP contribution in [0.3, 0.4) is 0 Å². The predicted octanol–water partition coefficient (Wildman–Crippen LogP) is 1.10. The van der Waals surface area contributed by atoms with Gasteiger partial charge in [0, 0.05) is 13.2 Å². The zero-order valence-corrected chi connectivity index (χ0v) is 14.2. The molecule has 0 unspecified atom stereocenters. The molecule has 7 nitrogen and oxygen atoms in total. The number of nitrogens with zero attached hydrogens (tertiary/aromatic N) is 2. The molecule has 0 fully saturated rings. The molecule has 0 aliphatic carbocycles. The van der Waals surface area contributed by atoms with Crippen molar-refractivity contribution in [1.82, 2.24) is 14.3 Å². The van der Waals surface area contributed by atoms with Crippen LogP contribution in [0.4, 0.5) is 0 Å². The normalized spacial score (nSPS) is 14.3. The van der Waals surface area contributed by atoms with E-state index in [1.807, 2.05) is 0 Å². The minimum absolute atomic E-state index is 0.149. The first kappa shape index (κ1) is 17.2. The molecular weight excluding hydrogens is 318 g/mol. The number of aryl methyl sites for hydroxylation is 2. The van der Waals surface area contributed by atoms with E-state index in [1.54, 1.807) is 48.9 Å². The van der Waals surface area contributed by atoms with Crippen molar-refractivity contribution < 1.29 is 17.9 Å². The summed E-state index contributed by atoms with van der Waals surface area (Å²) < 4.78 is 34.0. The molecule has 23 heavy (non-hydrogen) atoms. The fraction of sp³-hybridized carbons (Fsp3) is 0.333. The van der Waals surface area contributed by atoms with Crippen molar-refractivity contribution in [2.75, 3.05) is 7.11 Å². The summed E-state index contributed by atoms with van der Waals surface area (Å²) in [6.45, 7) is 3.15. The van der Waals surface area contributed by atoms with Gasteiger partial charge < -0.3 is 9.30 Å². The number of aromatic nitrogens is 2. The zero-order chi connectivity index (χ0) is 17.3. The zero-order valence-electron chi connectivity index (χ0n) is 13.4. The summed E-state index contributed by atoms with van der Waals surface area (Å²) >= 11 is 0. The van der Waals surface area contributed by atoms with Gasteiger partial charge in [0.1, 0.15) is 5.82 Å². The Balaban J connectivity index is 2.48. The molecule has 1 atom stereocenters. The van der Waals surface area contributed by atoms with Crippen molar-refractivity contribution in [2.24, 2.45) is 7.05 Å². The van der Waals surface area contributed by atoms with Gasteiger partial charge in [-0.15, -0.1) is 0 Å². The van der Waals surface area contributed by atoms with E-state index in [0.717, 1.165) is 0 Å². The molecule has 0 aliphatic rings. The summed E-state index contributed by atoms with van der Waals surface area (Å²) in [7, 11) is -1.10. The fourth-order valence-corrected chi connectivity index (χ4v) is 3.56. The van der Waals surface area contributed by atoms with Gasteiger partial charge in [-0.3, -0.25) is 0 Å². The lowest BCUT2D eigenvalue weighted by atomic mass is 9.93. The van der Waals surface area contributed by atoms with E-state index in [4.69, 9.17) is 4.74 Å². The van der Waals surface area contributed by atoms with Crippen molar-refractivity contribution in [1.29, 1.82) is 0 Å². The highest BCUT2D eigenvalue weighted by molar-refractivity contribution is 7.89. The van der Waals surface area contributed by atoms with Crippen LogP contribution in [0.1, 0.15) is 18.3 Å². The Morgan fingerprint density at radius 1 is 1.30 bits per heavy atom. The minimum Gasteiger partial charge on any atom is -0.467 e. The van der Waals surface area contributed by atoms with Crippen molar-refractivity contribution >= 4 is 16.0 Å². The Labute approximate surface area is 135 Å². The van der Waals surface area contributed by atoms with E-state index in [1.165, 1.54) is 20.2 Å². The number of carbonyl (C=O) groups is 1. The Kier molecular flexibility index (Phi) is 4.58. The summed E-state index contributed by atoms with van der Waals surface area (Å²) in [5.41, 5.74) is -1.08. The van der Waals surface area contributed by atoms with Crippen LogP contribution >= 0.6 is 0 Å². The van der Waals surface area contributed by atoms with E-state index in [9.17, 15) is 13.2 Å². The van der Waals surface area contributed by atoms with Crippen LogP contribution in [0.2, 0.25) is 0 Å². The monoisotopic (exact) mass is 337 g/mol. The molecular formula is C15H19N3O4S. The topological polar surface area (TPSA) is 90.3 Å². The first-order chi connectivity index (χ1) is 10.7. The van der Waals surface area contributed by atoms with E-state index < -0.39 is 21.5 Å². The highest BCUT2D eigenvalue weighted by Gasteiger charge is 2.41. The Morgan fingerprint density at radius 3 is 2.39 bits per heavy atom. The van der Waals surface area contributed by atoms with Crippen LogP contribution < -0.4 is 4.72 Å². The molecule has 2 rings (SSSR count). The van der Waals surface area contributed by atoms with Crippen molar-refractivity contribution in [3.63, 3.8) is 0 Å². The number of nitrogens with one attached hydrogen (secondary N) is 1. The Morgan fingerprint density at radius 2 is 1.91 bits per heavy atom. The molecule has 124 valence electrons. The van der Waals surface area contributed by atoms with Crippen LogP contribution in [0.5, 0.6) is 0 Å². The maximum atomic E-state index is 12.6. The molecule has 1 aromatic carbocycles. The second kappa shape index (κ2) is 6.13. The summed E-state index contributed by atoms with van der Waals surface area (Å²) in [6, 6.07) is 8.52. The van der Waals surface area contributed by atoms with Gasteiger partial charge in [0.15, 0.2) is 10.6 Å². The van der Waals surface area contributed by atoms with Crippen molar-refractivity contribution in [3.05, 3.63) is 47.9 Å². The highest BCUT2D eigenvalue weighted by Crippen LogP contribution is 2.25. The van der Waals surface area contributed by atoms with E-state index in [2.05, 4.69) is 9.71 Å². The second-order valence-electron chi connectivity index (χ2n) is 5.33. The number of methoxy groups -OCH3 is 1. The van der Waals surface area contributed by atoms with Crippen LogP contribution in [0.15, 0.2) is 41.6 Å². The molecule has 1 heterocycles. The number of esters is 1. The van der Waals surface area contributed by atoms with E-state index in [0.29, 0.717) is 11.4 Å². The van der Waals surface area contributed by atoms with Gasteiger partial charge in [-0.25, -0.2) is 18.2 Å². The Bertz CT molecular complexity index is 795. The summed E-state index contributed by atoms with van der Waals surface area (Å²) in [6.07, 6.45) is 1.39. The number of rotatable bonds is 5. The first-order valence-corrected chi connectivity index (χ1v) is 8.37. The molecule has 1 N–H and O–H groups in total. The van der Waals surface area contributed by atoms with Crippen LogP contribution in [-0.2, 0) is 32.1 Å².